The average Bonchev–Trinajstić information content (AvgIpc) is 2.29. The monoisotopic (exact) mass is 241 g/mol. The van der Waals surface area contributed by atoms with Crippen molar-refractivity contribution in [3.05, 3.63) is 35.6 Å². The van der Waals surface area contributed by atoms with Crippen LogP contribution in [0.5, 0.6) is 0 Å². The molecule has 1 nitrogen and oxygen atoms in total. The molecular formula is C13H20FNS. The van der Waals surface area contributed by atoms with Crippen LogP contribution in [0.15, 0.2) is 24.3 Å². The molecule has 16 heavy (non-hydrogen) atoms. The van der Waals surface area contributed by atoms with Crippen molar-refractivity contribution in [2.75, 3.05) is 18.1 Å². The molecule has 0 radical (unpaired) electrons. The molecule has 1 rings (SSSR count). The molecule has 0 bridgehead atoms. The number of hydrogen-bond donors (Lipinski definition) is 1. The predicted octanol–water partition coefficient (Wildman–Crippen LogP) is 3.62. The van der Waals surface area contributed by atoms with Gasteiger partial charge < -0.3 is 5.32 Å². The standard InChI is InChI=1S/C13H20FNS/c1-3-16-10-6-9-15-11(2)12-7-4-5-8-13(12)14/h4-5,7-8,11,15H,3,6,9-10H2,1-2H3/t11-/m1/s1. The number of halogens is 1. The molecule has 0 aromatic heterocycles. The lowest BCUT2D eigenvalue weighted by Crippen LogP contribution is -2.21. The van der Waals surface area contributed by atoms with Gasteiger partial charge in [0, 0.05) is 11.6 Å². The largest absolute Gasteiger partial charge is 0.310 e. The molecule has 0 spiro atoms. The Labute approximate surface area is 102 Å². The molecule has 0 aliphatic carbocycles. The van der Waals surface area contributed by atoms with Crippen molar-refractivity contribution in [2.45, 2.75) is 26.3 Å². The third-order valence-electron chi connectivity index (χ3n) is 2.49. The first kappa shape index (κ1) is 13.5. The first-order valence-corrected chi connectivity index (χ1v) is 6.96. The summed E-state index contributed by atoms with van der Waals surface area (Å²) in [7, 11) is 0. The van der Waals surface area contributed by atoms with Gasteiger partial charge in [0.2, 0.25) is 0 Å². The quantitative estimate of drug-likeness (QED) is 0.732. The van der Waals surface area contributed by atoms with Gasteiger partial charge in [0.1, 0.15) is 5.82 Å². The SMILES string of the molecule is CCSCCCN[C@H](C)c1ccccc1F. The summed E-state index contributed by atoms with van der Waals surface area (Å²) in [5, 5.41) is 3.35. The van der Waals surface area contributed by atoms with Crippen molar-refractivity contribution >= 4 is 11.8 Å². The number of hydrogen-bond acceptors (Lipinski definition) is 2. The molecule has 1 atom stereocenters. The van der Waals surface area contributed by atoms with Crippen LogP contribution in [0.3, 0.4) is 0 Å². The predicted molar refractivity (Wildman–Crippen MR) is 70.4 cm³/mol. The van der Waals surface area contributed by atoms with Crippen LogP contribution in [0.4, 0.5) is 4.39 Å². The summed E-state index contributed by atoms with van der Waals surface area (Å²) in [6.07, 6.45) is 1.14. The van der Waals surface area contributed by atoms with Gasteiger partial charge in [-0.05, 0) is 37.5 Å². The summed E-state index contributed by atoms with van der Waals surface area (Å²) in [5.74, 6) is 2.22. The van der Waals surface area contributed by atoms with Gasteiger partial charge in [-0.3, -0.25) is 0 Å². The lowest BCUT2D eigenvalue weighted by molar-refractivity contribution is 0.528. The summed E-state index contributed by atoms with van der Waals surface area (Å²) in [6, 6.07) is 7.05. The zero-order valence-electron chi connectivity index (χ0n) is 10.0. The van der Waals surface area contributed by atoms with E-state index < -0.39 is 0 Å². The topological polar surface area (TPSA) is 12.0 Å². The van der Waals surface area contributed by atoms with Gasteiger partial charge in [-0.1, -0.05) is 25.1 Å². The molecule has 90 valence electrons. The normalized spacial score (nSPS) is 12.7. The molecule has 0 fully saturated rings. The third-order valence-corrected chi connectivity index (χ3v) is 3.48. The fourth-order valence-corrected chi connectivity index (χ4v) is 2.21. The number of rotatable bonds is 7. The van der Waals surface area contributed by atoms with E-state index in [4.69, 9.17) is 0 Å². The van der Waals surface area contributed by atoms with Crippen molar-refractivity contribution in [3.8, 4) is 0 Å². The van der Waals surface area contributed by atoms with Crippen LogP contribution in [-0.4, -0.2) is 18.1 Å². The van der Waals surface area contributed by atoms with Gasteiger partial charge in [0.15, 0.2) is 0 Å². The van der Waals surface area contributed by atoms with Crippen LogP contribution in [0.2, 0.25) is 0 Å². The molecule has 0 heterocycles. The van der Waals surface area contributed by atoms with Crippen LogP contribution < -0.4 is 5.32 Å². The highest BCUT2D eigenvalue weighted by Gasteiger charge is 2.08. The molecule has 1 aromatic carbocycles. The fraction of sp³-hybridized carbons (Fsp3) is 0.538. The number of benzene rings is 1. The van der Waals surface area contributed by atoms with Crippen LogP contribution in [0.25, 0.3) is 0 Å². The maximum absolute atomic E-state index is 13.4. The maximum Gasteiger partial charge on any atom is 0.127 e. The molecular weight excluding hydrogens is 221 g/mol. The van der Waals surface area contributed by atoms with Gasteiger partial charge in [0.05, 0.1) is 0 Å². The molecule has 0 saturated carbocycles. The number of nitrogens with one attached hydrogen (secondary N) is 1. The van der Waals surface area contributed by atoms with Gasteiger partial charge in [0.25, 0.3) is 0 Å². The smallest absolute Gasteiger partial charge is 0.127 e. The zero-order valence-corrected chi connectivity index (χ0v) is 10.8. The zero-order chi connectivity index (χ0) is 11.8. The Morgan fingerprint density at radius 1 is 1.38 bits per heavy atom. The Morgan fingerprint density at radius 2 is 2.12 bits per heavy atom. The van der Waals surface area contributed by atoms with E-state index in [1.54, 1.807) is 6.07 Å². The lowest BCUT2D eigenvalue weighted by atomic mass is 10.1. The molecule has 1 aromatic rings. The van der Waals surface area contributed by atoms with E-state index in [1.807, 2.05) is 30.8 Å². The molecule has 0 saturated heterocycles. The molecule has 0 aliphatic rings. The fourth-order valence-electron chi connectivity index (χ4n) is 1.57. The van der Waals surface area contributed by atoms with Crippen molar-refractivity contribution in [2.24, 2.45) is 0 Å². The van der Waals surface area contributed by atoms with Gasteiger partial charge >= 0.3 is 0 Å². The van der Waals surface area contributed by atoms with E-state index >= 15 is 0 Å². The van der Waals surface area contributed by atoms with Crippen LogP contribution >= 0.6 is 11.8 Å². The molecule has 1 N–H and O–H groups in total. The second kappa shape index (κ2) is 7.69. The van der Waals surface area contributed by atoms with Crippen LogP contribution in [-0.2, 0) is 0 Å². The third kappa shape index (κ3) is 4.54. The summed E-state index contributed by atoms with van der Waals surface area (Å²) in [4.78, 5) is 0. The number of thioether (sulfide) groups is 1. The first-order valence-electron chi connectivity index (χ1n) is 5.81. The van der Waals surface area contributed by atoms with Gasteiger partial charge in [-0.25, -0.2) is 4.39 Å². The molecule has 0 aliphatic heterocycles. The van der Waals surface area contributed by atoms with E-state index in [0.717, 1.165) is 18.5 Å². The van der Waals surface area contributed by atoms with Crippen LogP contribution in [0, 0.1) is 5.82 Å². The molecule has 0 amide bonds. The van der Waals surface area contributed by atoms with Crippen molar-refractivity contribution < 1.29 is 4.39 Å². The van der Waals surface area contributed by atoms with E-state index in [9.17, 15) is 4.39 Å². The van der Waals surface area contributed by atoms with E-state index in [-0.39, 0.29) is 11.9 Å². The van der Waals surface area contributed by atoms with Gasteiger partial charge in [-0.15, -0.1) is 0 Å². The second-order valence-corrected chi connectivity index (χ2v) is 5.14. The lowest BCUT2D eigenvalue weighted by Gasteiger charge is -2.14. The Hall–Kier alpha value is -0.540. The highest BCUT2D eigenvalue weighted by Crippen LogP contribution is 2.15. The maximum atomic E-state index is 13.4. The van der Waals surface area contributed by atoms with Crippen LogP contribution in [0.1, 0.15) is 31.9 Å². The Morgan fingerprint density at radius 3 is 2.81 bits per heavy atom. The minimum atomic E-state index is -0.120. The van der Waals surface area contributed by atoms with Crippen molar-refractivity contribution in [1.82, 2.24) is 5.32 Å². The summed E-state index contributed by atoms with van der Waals surface area (Å²) in [5.41, 5.74) is 0.755. The Bertz CT molecular complexity index is 304. The van der Waals surface area contributed by atoms with E-state index in [1.165, 1.54) is 17.6 Å². The van der Waals surface area contributed by atoms with Crippen molar-refractivity contribution in [3.63, 3.8) is 0 Å². The minimum Gasteiger partial charge on any atom is -0.310 e. The average molecular weight is 241 g/mol. The van der Waals surface area contributed by atoms with Crippen molar-refractivity contribution in [1.29, 1.82) is 0 Å². The summed E-state index contributed by atoms with van der Waals surface area (Å²) >= 11 is 1.94. The Balaban J connectivity index is 2.30. The second-order valence-electron chi connectivity index (χ2n) is 3.75. The highest BCUT2D eigenvalue weighted by atomic mass is 32.2. The van der Waals surface area contributed by atoms with Gasteiger partial charge in [-0.2, -0.15) is 11.8 Å². The highest BCUT2D eigenvalue weighted by molar-refractivity contribution is 7.99. The first-order chi connectivity index (χ1) is 7.75. The minimum absolute atomic E-state index is 0.0906. The Kier molecular flexibility index (Phi) is 6.50. The molecule has 0 unspecified atom stereocenters. The molecule has 3 heteroatoms. The summed E-state index contributed by atoms with van der Waals surface area (Å²) in [6.45, 7) is 5.12. The van der Waals surface area contributed by atoms with E-state index in [2.05, 4.69) is 12.2 Å². The van der Waals surface area contributed by atoms with E-state index in [0.29, 0.717) is 0 Å². The summed E-state index contributed by atoms with van der Waals surface area (Å²) < 4.78 is 13.4.